The van der Waals surface area contributed by atoms with E-state index >= 15 is 0 Å². The van der Waals surface area contributed by atoms with Gasteiger partial charge in [0.25, 0.3) is 17.4 Å². The first-order chi connectivity index (χ1) is 25.3. The van der Waals surface area contributed by atoms with Gasteiger partial charge in [0, 0.05) is 50.0 Å². The summed E-state index contributed by atoms with van der Waals surface area (Å²) < 4.78 is 15.7. The first-order valence-corrected chi connectivity index (χ1v) is 18.4. The number of phenols is 1. The molecule has 1 saturated heterocycles. The number of amides is 2. The third-order valence-electron chi connectivity index (χ3n) is 10.8. The van der Waals surface area contributed by atoms with E-state index in [1.165, 1.54) is 34.2 Å². The van der Waals surface area contributed by atoms with Crippen molar-refractivity contribution in [2.75, 3.05) is 19.7 Å². The number of allylic oxidation sites excluding steroid dienone is 2. The van der Waals surface area contributed by atoms with Crippen LogP contribution in [0.2, 0.25) is 0 Å². The van der Waals surface area contributed by atoms with E-state index in [1.54, 1.807) is 43.5 Å². The molecule has 1 N–H and O–H groups in total. The number of aryl methyl sites for hydroxylation is 2. The number of imide groups is 1. The third kappa shape index (κ3) is 4.69. The lowest BCUT2D eigenvalue weighted by atomic mass is 9.63. The van der Waals surface area contributed by atoms with E-state index in [0.29, 0.717) is 33.5 Å². The molecule has 0 radical (unpaired) electrons. The second kappa shape index (κ2) is 12.4. The van der Waals surface area contributed by atoms with Crippen LogP contribution in [0, 0.1) is 0 Å². The molecule has 2 aliphatic heterocycles. The van der Waals surface area contributed by atoms with E-state index in [4.69, 9.17) is 32.7 Å². The van der Waals surface area contributed by atoms with Crippen LogP contribution in [0.4, 0.5) is 0 Å². The molecule has 3 aliphatic rings. The van der Waals surface area contributed by atoms with Crippen LogP contribution in [0.1, 0.15) is 29.6 Å². The molecular weight excluding hydrogens is 795 g/mol. The van der Waals surface area contributed by atoms with Gasteiger partial charge in [0.05, 0.1) is 43.3 Å². The molecular formula is C36H31BrCl2N6O8. The molecule has 4 atom stereocenters. The normalized spacial score (nSPS) is 23.6. The number of alkyl halides is 3. The fraction of sp³-hybridized carbons (Fsp3) is 0.333. The van der Waals surface area contributed by atoms with Gasteiger partial charge in [0.1, 0.15) is 11.4 Å². The Balaban J connectivity index is 1.25. The molecule has 274 valence electrons. The molecule has 2 amide bonds. The van der Waals surface area contributed by atoms with Crippen molar-refractivity contribution in [3.63, 3.8) is 0 Å². The molecule has 0 spiro atoms. The first-order valence-electron chi connectivity index (χ1n) is 16.6. The van der Waals surface area contributed by atoms with Gasteiger partial charge in [0.15, 0.2) is 21.2 Å². The molecule has 1 aliphatic carbocycles. The molecule has 1 saturated carbocycles. The lowest BCUT2D eigenvalue weighted by Crippen LogP contribution is -2.59. The molecule has 8 rings (SSSR count). The van der Waals surface area contributed by atoms with Crippen LogP contribution in [0.5, 0.6) is 17.2 Å². The quantitative estimate of drug-likeness (QED) is 0.112. The first kappa shape index (κ1) is 35.2. The number of hydrogen-bond acceptors (Lipinski definition) is 9. The second-order valence-electron chi connectivity index (χ2n) is 13.3. The number of nitrogens with zero attached hydrogens (tertiary/aromatic N) is 6. The minimum Gasteiger partial charge on any atom is -0.508 e. The number of rotatable bonds is 7. The van der Waals surface area contributed by atoms with Gasteiger partial charge in [-0.25, -0.2) is 28.5 Å². The second-order valence-corrected chi connectivity index (χ2v) is 15.0. The molecule has 14 nitrogen and oxygen atoms in total. The number of likely N-dealkylation sites (tertiary alicyclic amines) is 1. The van der Waals surface area contributed by atoms with Crippen LogP contribution in [-0.2, 0) is 36.1 Å². The number of halogens is 3. The largest absolute Gasteiger partial charge is 0.508 e. The molecule has 53 heavy (non-hydrogen) atoms. The Morgan fingerprint density at radius 3 is 2.42 bits per heavy atom. The molecule has 17 heteroatoms. The highest BCUT2D eigenvalue weighted by Gasteiger charge is 2.75. The molecule has 2 aromatic heterocycles. The number of ether oxygens (including phenoxy) is 2. The predicted molar refractivity (Wildman–Crippen MR) is 200 cm³/mol. The van der Waals surface area contributed by atoms with E-state index in [2.05, 4.69) is 20.9 Å². The molecule has 2 fully saturated rings. The van der Waals surface area contributed by atoms with Gasteiger partial charge in [-0.1, -0.05) is 52.3 Å². The van der Waals surface area contributed by atoms with Gasteiger partial charge in [0.2, 0.25) is 0 Å². The molecule has 4 unspecified atom stereocenters. The molecule has 3 aromatic carbocycles. The van der Waals surface area contributed by atoms with Crippen molar-refractivity contribution in [2.45, 2.75) is 47.6 Å². The summed E-state index contributed by atoms with van der Waals surface area (Å²) in [6.45, 7) is -0.277. The van der Waals surface area contributed by atoms with Crippen LogP contribution >= 0.6 is 39.1 Å². The van der Waals surface area contributed by atoms with Crippen molar-refractivity contribution in [1.82, 2.24) is 28.4 Å². The van der Waals surface area contributed by atoms with Crippen LogP contribution < -0.4 is 26.4 Å². The zero-order chi connectivity index (χ0) is 37.7. The number of carbonyl (C=O) groups is 2. The van der Waals surface area contributed by atoms with Crippen LogP contribution in [0.25, 0.3) is 21.8 Å². The topological polar surface area (TPSA) is 160 Å². The summed E-state index contributed by atoms with van der Waals surface area (Å²) in [5.74, 6) is -2.05. The number of fused-ring (bicyclic) bond motifs is 6. The van der Waals surface area contributed by atoms with Crippen LogP contribution in [-0.4, -0.2) is 74.7 Å². The summed E-state index contributed by atoms with van der Waals surface area (Å²) in [5, 5.41) is 12.8. The Morgan fingerprint density at radius 2 is 1.70 bits per heavy atom. The van der Waals surface area contributed by atoms with Crippen LogP contribution in [0.15, 0.2) is 74.6 Å². The fourth-order valence-corrected chi connectivity index (χ4v) is 9.64. The SMILES string of the molecule is COc1cc2nc(CCn3c(=O)n4n(c3=O)C3CC5(Cl)C(=O)N(CBr)C(=O)C5(Cl)C(c5c(O)ccc6ccccc56)C3=CC4)c(=O)n(C)c2cc1OC. The predicted octanol–water partition coefficient (Wildman–Crippen LogP) is 3.52. The summed E-state index contributed by atoms with van der Waals surface area (Å²) in [7, 11) is 4.56. The van der Waals surface area contributed by atoms with Gasteiger partial charge in [-0.15, -0.1) is 23.2 Å². The summed E-state index contributed by atoms with van der Waals surface area (Å²) >= 11 is 17.9. The maximum absolute atomic E-state index is 14.3. The number of hydrogen-bond donors (Lipinski definition) is 1. The minimum absolute atomic E-state index is 0.0645. The monoisotopic (exact) mass is 824 g/mol. The standard InChI is InChI=1S/C36H31BrCl2N6O8/c1-41-23-15-27(53-3)26(52-2)14-22(23)40-21(30(41)47)11-12-42-33(50)44-13-10-20-24(45(44)34(42)51)16-35(38)31(48)43(17-37)32(49)36(35,39)29(20)28-19-7-5-4-6-18(19)8-9-25(28)46/h4-10,14-15,24,29,46H,11-13,16-17H2,1-3H3. The number of phenolic OH excluding ortho intramolecular Hbond substituents is 1. The van der Waals surface area contributed by atoms with Gasteiger partial charge in [-0.05, 0) is 22.4 Å². The Morgan fingerprint density at radius 1 is 0.981 bits per heavy atom. The van der Waals surface area contributed by atoms with Crippen molar-refractivity contribution in [2.24, 2.45) is 7.05 Å². The number of aromatic hydroxyl groups is 1. The third-order valence-corrected chi connectivity index (χ3v) is 12.7. The Kier molecular flexibility index (Phi) is 8.20. The average molecular weight is 826 g/mol. The average Bonchev–Trinajstić information content (AvgIpc) is 3.48. The lowest BCUT2D eigenvalue weighted by Gasteiger charge is -2.49. The molecule has 0 bridgehead atoms. The van der Waals surface area contributed by atoms with Crippen molar-refractivity contribution in [1.29, 1.82) is 0 Å². The molecule has 5 aromatic rings. The van der Waals surface area contributed by atoms with Gasteiger partial charge < -0.3 is 19.1 Å². The Bertz CT molecular complexity index is 2650. The van der Waals surface area contributed by atoms with Crippen molar-refractivity contribution < 1.29 is 24.2 Å². The van der Waals surface area contributed by atoms with E-state index in [9.17, 15) is 29.1 Å². The highest BCUT2D eigenvalue weighted by Crippen LogP contribution is 2.64. The summed E-state index contributed by atoms with van der Waals surface area (Å²) in [6.07, 6.45) is 1.34. The minimum atomic E-state index is -2.10. The van der Waals surface area contributed by atoms with E-state index < -0.39 is 50.5 Å². The zero-order valence-corrected chi connectivity index (χ0v) is 31.6. The lowest BCUT2D eigenvalue weighted by molar-refractivity contribution is -0.138. The van der Waals surface area contributed by atoms with E-state index in [0.717, 1.165) is 14.9 Å². The number of benzene rings is 3. The Labute approximate surface area is 318 Å². The Hall–Kier alpha value is -4.86. The van der Waals surface area contributed by atoms with Gasteiger partial charge in [-0.3, -0.25) is 19.3 Å². The number of aromatic nitrogens is 5. The maximum atomic E-state index is 14.3. The summed E-state index contributed by atoms with van der Waals surface area (Å²) in [4.78, 5) is 71.2. The maximum Gasteiger partial charge on any atom is 0.347 e. The van der Waals surface area contributed by atoms with Crippen molar-refractivity contribution in [3.8, 4) is 17.2 Å². The fourth-order valence-electron chi connectivity index (χ4n) is 8.25. The van der Waals surface area contributed by atoms with Crippen molar-refractivity contribution >= 4 is 72.8 Å². The van der Waals surface area contributed by atoms with E-state index in [1.807, 2.05) is 12.1 Å². The van der Waals surface area contributed by atoms with Gasteiger partial charge in [-0.2, -0.15) is 0 Å². The zero-order valence-electron chi connectivity index (χ0n) is 28.5. The summed E-state index contributed by atoms with van der Waals surface area (Å²) in [5.41, 5.74) is -0.181. The number of carbonyl (C=O) groups excluding carboxylic acids is 2. The highest BCUT2D eigenvalue weighted by molar-refractivity contribution is 9.09. The molecule has 4 heterocycles. The van der Waals surface area contributed by atoms with E-state index in [-0.39, 0.29) is 48.4 Å². The smallest absolute Gasteiger partial charge is 0.347 e. The van der Waals surface area contributed by atoms with Crippen molar-refractivity contribution in [3.05, 3.63) is 103 Å². The number of methoxy groups -OCH3 is 2. The van der Waals surface area contributed by atoms with Gasteiger partial charge >= 0.3 is 11.4 Å². The van der Waals surface area contributed by atoms with Crippen LogP contribution in [0.3, 0.4) is 0 Å². The summed E-state index contributed by atoms with van der Waals surface area (Å²) in [6, 6.07) is 12.7. The highest BCUT2D eigenvalue weighted by atomic mass is 79.9.